The molecule has 1 aromatic carbocycles. The molecule has 1 aliphatic rings. The maximum Gasteiger partial charge on any atom is 0.148 e. The highest BCUT2D eigenvalue weighted by Crippen LogP contribution is 2.23. The lowest BCUT2D eigenvalue weighted by Gasteiger charge is -2.27. The number of hydrogen-bond donors (Lipinski definition) is 3. The summed E-state index contributed by atoms with van der Waals surface area (Å²) in [6.07, 6.45) is 4.42. The molecule has 1 fully saturated rings. The molecule has 0 spiro atoms. The number of aliphatic hydroxyl groups excluding tert-OH is 1. The molecule has 0 unspecified atom stereocenters. The number of benzene rings is 1. The van der Waals surface area contributed by atoms with Crippen molar-refractivity contribution in [2.24, 2.45) is 0 Å². The number of rotatable bonds is 4. The van der Waals surface area contributed by atoms with Gasteiger partial charge in [0.25, 0.3) is 0 Å². The minimum absolute atomic E-state index is 0.272. The first-order valence-corrected chi connectivity index (χ1v) is 6.42. The molecule has 0 amide bonds. The summed E-state index contributed by atoms with van der Waals surface area (Å²) in [6.45, 7) is 0.530. The zero-order valence-electron chi connectivity index (χ0n) is 10.1. The van der Waals surface area contributed by atoms with Crippen LogP contribution in [-0.2, 0) is 0 Å². The van der Waals surface area contributed by atoms with Gasteiger partial charge in [-0.3, -0.25) is 0 Å². The summed E-state index contributed by atoms with van der Waals surface area (Å²) in [4.78, 5) is 2.85. The van der Waals surface area contributed by atoms with Gasteiger partial charge in [0, 0.05) is 29.7 Å². The second-order valence-corrected chi connectivity index (χ2v) is 4.99. The van der Waals surface area contributed by atoms with E-state index in [1.807, 2.05) is 6.07 Å². The van der Waals surface area contributed by atoms with E-state index in [4.69, 9.17) is 0 Å². The van der Waals surface area contributed by atoms with E-state index in [0.717, 1.165) is 11.1 Å². The smallest absolute Gasteiger partial charge is 0.148 e. The molecule has 18 heavy (non-hydrogen) atoms. The van der Waals surface area contributed by atoms with E-state index in [-0.39, 0.29) is 5.82 Å². The molecule has 2 aromatic rings. The SMILES string of the molecule is O[C@@H](CNC1CCC1)c1ccc2[nH]cc(F)c2c1. The number of aliphatic hydroxyl groups is 1. The molecule has 3 nitrogen and oxygen atoms in total. The monoisotopic (exact) mass is 248 g/mol. The highest BCUT2D eigenvalue weighted by atomic mass is 19.1. The van der Waals surface area contributed by atoms with Crippen LogP contribution in [0.3, 0.4) is 0 Å². The fourth-order valence-corrected chi connectivity index (χ4v) is 2.32. The van der Waals surface area contributed by atoms with Gasteiger partial charge < -0.3 is 15.4 Å². The number of hydrogen-bond acceptors (Lipinski definition) is 2. The van der Waals surface area contributed by atoms with E-state index in [1.54, 1.807) is 12.1 Å². The van der Waals surface area contributed by atoms with Crippen LogP contribution < -0.4 is 5.32 Å². The molecule has 1 heterocycles. The van der Waals surface area contributed by atoms with Crippen molar-refractivity contribution >= 4 is 10.9 Å². The number of aromatic nitrogens is 1. The van der Waals surface area contributed by atoms with Gasteiger partial charge in [-0.25, -0.2) is 4.39 Å². The Morgan fingerprint density at radius 1 is 1.44 bits per heavy atom. The molecule has 0 bridgehead atoms. The molecule has 0 radical (unpaired) electrons. The summed E-state index contributed by atoms with van der Waals surface area (Å²) in [6, 6.07) is 5.91. The second-order valence-electron chi connectivity index (χ2n) is 4.99. The predicted octanol–water partition coefficient (Wildman–Crippen LogP) is 2.48. The van der Waals surface area contributed by atoms with Crippen molar-refractivity contribution in [2.75, 3.05) is 6.54 Å². The Labute approximate surface area is 105 Å². The van der Waals surface area contributed by atoms with E-state index >= 15 is 0 Å². The number of nitrogens with one attached hydrogen (secondary N) is 2. The standard InChI is InChI=1S/C14H17FN2O/c15-12-7-17-13-5-4-9(6-11(12)13)14(18)8-16-10-2-1-3-10/h4-7,10,14,16-18H,1-3,8H2/t14-/m0/s1. The average molecular weight is 248 g/mol. The van der Waals surface area contributed by atoms with Crippen LogP contribution in [0.1, 0.15) is 30.9 Å². The summed E-state index contributed by atoms with van der Waals surface area (Å²) in [5.74, 6) is -0.272. The fourth-order valence-electron chi connectivity index (χ4n) is 2.32. The molecule has 1 saturated carbocycles. The quantitative estimate of drug-likeness (QED) is 0.778. The van der Waals surface area contributed by atoms with Gasteiger partial charge >= 0.3 is 0 Å². The number of aromatic amines is 1. The normalized spacial score (nSPS) is 17.9. The molecule has 1 aromatic heterocycles. The van der Waals surface area contributed by atoms with Crippen LogP contribution in [-0.4, -0.2) is 22.7 Å². The molecule has 3 N–H and O–H groups in total. The number of fused-ring (bicyclic) bond motifs is 1. The van der Waals surface area contributed by atoms with Crippen molar-refractivity contribution in [3.8, 4) is 0 Å². The van der Waals surface area contributed by atoms with Crippen LogP contribution in [0.25, 0.3) is 10.9 Å². The zero-order valence-corrected chi connectivity index (χ0v) is 10.1. The third kappa shape index (κ3) is 2.13. The first-order chi connectivity index (χ1) is 8.74. The lowest BCUT2D eigenvalue weighted by molar-refractivity contribution is 0.161. The van der Waals surface area contributed by atoms with Crippen molar-refractivity contribution in [2.45, 2.75) is 31.4 Å². The van der Waals surface area contributed by atoms with Crippen molar-refractivity contribution < 1.29 is 9.50 Å². The molecule has 3 rings (SSSR count). The van der Waals surface area contributed by atoms with Gasteiger partial charge in [-0.05, 0) is 30.5 Å². The molecule has 0 saturated heterocycles. The third-order valence-electron chi connectivity index (χ3n) is 3.75. The van der Waals surface area contributed by atoms with Gasteiger partial charge in [-0.15, -0.1) is 0 Å². The minimum Gasteiger partial charge on any atom is -0.387 e. The van der Waals surface area contributed by atoms with E-state index in [2.05, 4.69) is 10.3 Å². The summed E-state index contributed by atoms with van der Waals surface area (Å²) in [5, 5.41) is 13.9. The molecule has 0 aliphatic heterocycles. The van der Waals surface area contributed by atoms with Crippen LogP contribution >= 0.6 is 0 Å². The van der Waals surface area contributed by atoms with Crippen molar-refractivity contribution in [3.05, 3.63) is 35.8 Å². The Hall–Kier alpha value is -1.39. The minimum atomic E-state index is -0.579. The van der Waals surface area contributed by atoms with Crippen LogP contribution in [0.2, 0.25) is 0 Å². The summed E-state index contributed by atoms with van der Waals surface area (Å²) < 4.78 is 13.4. The summed E-state index contributed by atoms with van der Waals surface area (Å²) in [7, 11) is 0. The topological polar surface area (TPSA) is 48.0 Å². The lowest BCUT2D eigenvalue weighted by atomic mass is 9.93. The van der Waals surface area contributed by atoms with Crippen molar-refractivity contribution in [1.29, 1.82) is 0 Å². The molecule has 1 aliphatic carbocycles. The Kier molecular flexibility index (Phi) is 3.06. The highest BCUT2D eigenvalue weighted by molar-refractivity contribution is 5.80. The van der Waals surface area contributed by atoms with E-state index in [0.29, 0.717) is 18.0 Å². The Balaban J connectivity index is 1.73. The largest absolute Gasteiger partial charge is 0.387 e. The van der Waals surface area contributed by atoms with Crippen LogP contribution in [0.15, 0.2) is 24.4 Å². The highest BCUT2D eigenvalue weighted by Gasteiger charge is 2.18. The first kappa shape index (κ1) is 11.7. The molecule has 1 atom stereocenters. The van der Waals surface area contributed by atoms with Crippen molar-refractivity contribution in [1.82, 2.24) is 10.3 Å². The molecule has 96 valence electrons. The van der Waals surface area contributed by atoms with Gasteiger partial charge in [-0.2, -0.15) is 0 Å². The Bertz CT molecular complexity index is 548. The zero-order chi connectivity index (χ0) is 12.5. The van der Waals surface area contributed by atoms with Crippen LogP contribution in [0.5, 0.6) is 0 Å². The van der Waals surface area contributed by atoms with Gasteiger partial charge in [0.15, 0.2) is 0 Å². The van der Waals surface area contributed by atoms with E-state index < -0.39 is 6.10 Å². The fraction of sp³-hybridized carbons (Fsp3) is 0.429. The lowest BCUT2D eigenvalue weighted by Crippen LogP contribution is -2.37. The molecule has 4 heteroatoms. The van der Waals surface area contributed by atoms with E-state index in [9.17, 15) is 9.50 Å². The third-order valence-corrected chi connectivity index (χ3v) is 3.75. The van der Waals surface area contributed by atoms with Crippen molar-refractivity contribution in [3.63, 3.8) is 0 Å². The van der Waals surface area contributed by atoms with Crippen LogP contribution in [0, 0.1) is 5.82 Å². The van der Waals surface area contributed by atoms with Crippen LogP contribution in [0.4, 0.5) is 4.39 Å². The summed E-state index contributed by atoms with van der Waals surface area (Å²) >= 11 is 0. The number of halogens is 1. The Morgan fingerprint density at radius 2 is 2.28 bits per heavy atom. The van der Waals surface area contributed by atoms with Gasteiger partial charge in [0.2, 0.25) is 0 Å². The molecular formula is C14H17FN2O. The number of H-pyrrole nitrogens is 1. The Morgan fingerprint density at radius 3 is 3.00 bits per heavy atom. The van der Waals surface area contributed by atoms with Gasteiger partial charge in [0.05, 0.1) is 6.10 Å². The maximum absolute atomic E-state index is 13.4. The average Bonchev–Trinajstić information content (AvgIpc) is 2.68. The molecular weight excluding hydrogens is 231 g/mol. The maximum atomic E-state index is 13.4. The predicted molar refractivity (Wildman–Crippen MR) is 68.9 cm³/mol. The van der Waals surface area contributed by atoms with Gasteiger partial charge in [-0.1, -0.05) is 12.5 Å². The first-order valence-electron chi connectivity index (χ1n) is 6.42. The second kappa shape index (κ2) is 4.71. The van der Waals surface area contributed by atoms with E-state index in [1.165, 1.54) is 25.5 Å². The summed E-state index contributed by atoms with van der Waals surface area (Å²) in [5.41, 5.74) is 1.52. The van der Waals surface area contributed by atoms with Gasteiger partial charge in [0.1, 0.15) is 5.82 Å².